The Hall–Kier alpha value is -7.16. The van der Waals surface area contributed by atoms with Crippen molar-refractivity contribution in [1.29, 1.82) is 0 Å². The summed E-state index contributed by atoms with van der Waals surface area (Å²) in [6, 6.07) is 56.3. The quantitative estimate of drug-likeness (QED) is 0.148. The largest absolute Gasteiger partial charge is 2.00 e. The second kappa shape index (κ2) is 13.6. The van der Waals surface area contributed by atoms with Gasteiger partial charge >= 0.3 is 21.1 Å². The van der Waals surface area contributed by atoms with E-state index in [1.54, 1.807) is 21.8 Å². The van der Waals surface area contributed by atoms with Crippen molar-refractivity contribution >= 4 is 60.9 Å². The Bertz CT molecular complexity index is 2870. The number of fused-ring (bicyclic) bond motifs is 6. The molecular weight excluding hydrogens is 876 g/mol. The van der Waals surface area contributed by atoms with Gasteiger partial charge in [-0.1, -0.05) is 84.2 Å². The molecule has 0 fully saturated rings. The van der Waals surface area contributed by atoms with Crippen molar-refractivity contribution in [2.75, 3.05) is 4.90 Å². The van der Waals surface area contributed by atoms with Gasteiger partial charge in [-0.2, -0.15) is 37.3 Å². The molecule has 0 aliphatic rings. The number of rotatable bonds is 7. The van der Waals surface area contributed by atoms with Crippen LogP contribution in [0.4, 0.5) is 17.3 Å². The molecule has 0 saturated heterocycles. The molecule has 0 atom stereocenters. The van der Waals surface area contributed by atoms with Gasteiger partial charge in [0, 0.05) is 46.3 Å². The van der Waals surface area contributed by atoms with E-state index in [2.05, 4.69) is 104 Å². The third-order valence-electron chi connectivity index (χ3n) is 9.87. The average molecular weight is 904 g/mol. The Morgan fingerprint density at radius 1 is 0.411 bits per heavy atom. The zero-order chi connectivity index (χ0) is 36.3. The summed E-state index contributed by atoms with van der Waals surface area (Å²) in [5, 5.41) is 13.4. The zero-order valence-electron chi connectivity index (χ0n) is 29.5. The van der Waals surface area contributed by atoms with Gasteiger partial charge in [0.1, 0.15) is 0 Å². The third-order valence-corrected chi connectivity index (χ3v) is 9.87. The molecule has 0 aliphatic carbocycles. The minimum atomic E-state index is 0. The molecule has 0 amide bonds. The first-order valence-corrected chi connectivity index (χ1v) is 17.9. The standard InChI is InChI=1S/C45H28N10.Pt/c1-5-21-39-35(17-1)36-18-2-6-22-40(36)54(39)44-48-43(49-45(50-44)55-41-23-7-3-19-37(41)38-20-4-8-24-42(38)55)53(33-15-9-13-31(29-33)51-27-11-25-46-51)34-16-10-14-32(30-34)52-28-12-26-47-52;/h1-28H;/q-2;+2. The summed E-state index contributed by atoms with van der Waals surface area (Å²) in [5.41, 5.74) is 6.84. The average Bonchev–Trinajstić information content (AvgIpc) is 4.07. The maximum atomic E-state index is 5.35. The minimum absolute atomic E-state index is 0. The van der Waals surface area contributed by atoms with Crippen LogP contribution in [0.25, 0.3) is 66.9 Å². The van der Waals surface area contributed by atoms with Crippen LogP contribution in [0.3, 0.4) is 0 Å². The maximum Gasteiger partial charge on any atom is 2.00 e. The summed E-state index contributed by atoms with van der Waals surface area (Å²) in [4.78, 5) is 18.0. The molecular formula is C45H28N10Pt. The summed E-state index contributed by atoms with van der Waals surface area (Å²) < 4.78 is 7.82. The predicted octanol–water partition coefficient (Wildman–Crippen LogP) is 9.50. The number of benzene rings is 6. The van der Waals surface area contributed by atoms with Gasteiger partial charge in [0.2, 0.25) is 17.8 Å². The Kier molecular flexibility index (Phi) is 8.12. The Balaban J connectivity index is 0.00000384. The number of para-hydroxylation sites is 4. The van der Waals surface area contributed by atoms with Crippen LogP contribution in [-0.2, 0) is 21.1 Å². The number of hydrogen-bond donors (Lipinski definition) is 0. The molecule has 0 N–H and O–H groups in total. The van der Waals surface area contributed by atoms with Gasteiger partial charge in [0.05, 0.1) is 22.1 Å². The van der Waals surface area contributed by atoms with Gasteiger partial charge < -0.3 is 4.90 Å². The van der Waals surface area contributed by atoms with Crippen LogP contribution in [0.2, 0.25) is 0 Å². The first kappa shape index (κ1) is 33.4. The van der Waals surface area contributed by atoms with Crippen LogP contribution in [0.5, 0.6) is 0 Å². The van der Waals surface area contributed by atoms with E-state index in [4.69, 9.17) is 15.0 Å². The normalized spacial score (nSPS) is 11.4. The molecule has 11 aromatic rings. The molecule has 10 nitrogen and oxygen atoms in total. The second-order valence-corrected chi connectivity index (χ2v) is 13.1. The van der Waals surface area contributed by atoms with E-state index in [1.165, 1.54) is 0 Å². The SMILES string of the molecule is [Pt+2].[c-]1c(N(c2[c-]c(-n3cccn3)ccc2)c2nc(-n3c4ccccc4c4ccccc43)nc(-n3c4ccccc4c4ccccc43)n2)cccc1-n1cccn1. The van der Waals surface area contributed by atoms with Crippen LogP contribution in [0.15, 0.2) is 170 Å². The van der Waals surface area contributed by atoms with Crippen LogP contribution in [0.1, 0.15) is 0 Å². The van der Waals surface area contributed by atoms with E-state index >= 15 is 0 Å². The summed E-state index contributed by atoms with van der Waals surface area (Å²) in [6.07, 6.45) is 7.30. The monoisotopic (exact) mass is 903 g/mol. The molecule has 0 saturated carbocycles. The molecule has 0 spiro atoms. The number of anilines is 3. The predicted molar refractivity (Wildman–Crippen MR) is 215 cm³/mol. The van der Waals surface area contributed by atoms with Gasteiger partial charge in [0.25, 0.3) is 0 Å². The molecule has 5 aromatic heterocycles. The van der Waals surface area contributed by atoms with Crippen LogP contribution in [-0.4, -0.2) is 43.6 Å². The fourth-order valence-corrected chi connectivity index (χ4v) is 7.51. The van der Waals surface area contributed by atoms with Gasteiger partial charge in [0.15, 0.2) is 0 Å². The van der Waals surface area contributed by atoms with Gasteiger partial charge in [-0.15, -0.1) is 36.4 Å². The van der Waals surface area contributed by atoms with Crippen molar-refractivity contribution in [3.8, 4) is 23.3 Å². The minimum Gasteiger partial charge on any atom is -0.327 e. The number of nitrogens with zero attached hydrogens (tertiary/aromatic N) is 10. The Labute approximate surface area is 334 Å². The molecule has 56 heavy (non-hydrogen) atoms. The fourth-order valence-electron chi connectivity index (χ4n) is 7.51. The zero-order valence-corrected chi connectivity index (χ0v) is 31.7. The van der Waals surface area contributed by atoms with E-state index in [1.807, 2.05) is 90.1 Å². The van der Waals surface area contributed by atoms with Crippen molar-refractivity contribution in [2.24, 2.45) is 0 Å². The molecule has 6 aromatic carbocycles. The molecule has 0 radical (unpaired) electrons. The van der Waals surface area contributed by atoms with E-state index in [0.717, 1.165) is 55.0 Å². The van der Waals surface area contributed by atoms with Crippen molar-refractivity contribution in [2.45, 2.75) is 0 Å². The summed E-state index contributed by atoms with van der Waals surface area (Å²) in [5.74, 6) is 1.32. The van der Waals surface area contributed by atoms with Gasteiger partial charge in [-0.05, 0) is 47.8 Å². The molecule has 5 heterocycles. The van der Waals surface area contributed by atoms with Gasteiger partial charge in [-0.3, -0.25) is 18.5 Å². The first-order chi connectivity index (χ1) is 27.3. The van der Waals surface area contributed by atoms with Crippen molar-refractivity contribution in [3.05, 3.63) is 183 Å². The fraction of sp³-hybridized carbons (Fsp3) is 0. The van der Waals surface area contributed by atoms with E-state index in [9.17, 15) is 0 Å². The third kappa shape index (κ3) is 5.41. The smallest absolute Gasteiger partial charge is 0.327 e. The molecule has 0 unspecified atom stereocenters. The molecule has 0 aliphatic heterocycles. The van der Waals surface area contributed by atoms with Crippen LogP contribution in [0, 0.1) is 12.1 Å². The second-order valence-electron chi connectivity index (χ2n) is 13.1. The summed E-state index contributed by atoms with van der Waals surface area (Å²) in [7, 11) is 0. The number of aromatic nitrogens is 9. The van der Waals surface area contributed by atoms with Gasteiger partial charge in [-0.25, -0.2) is 0 Å². The van der Waals surface area contributed by atoms with E-state index < -0.39 is 0 Å². The summed E-state index contributed by atoms with van der Waals surface area (Å²) in [6.45, 7) is 0. The maximum absolute atomic E-state index is 5.35. The van der Waals surface area contributed by atoms with Crippen molar-refractivity contribution in [3.63, 3.8) is 0 Å². The Morgan fingerprint density at radius 2 is 0.804 bits per heavy atom. The van der Waals surface area contributed by atoms with Crippen molar-refractivity contribution in [1.82, 2.24) is 43.6 Å². The summed E-state index contributed by atoms with van der Waals surface area (Å²) >= 11 is 0. The van der Waals surface area contributed by atoms with Crippen molar-refractivity contribution < 1.29 is 21.1 Å². The van der Waals surface area contributed by atoms with Crippen LogP contribution >= 0.6 is 0 Å². The van der Waals surface area contributed by atoms with Crippen LogP contribution < -0.4 is 4.90 Å². The van der Waals surface area contributed by atoms with E-state index in [0.29, 0.717) is 29.2 Å². The molecule has 11 heteroatoms. The Morgan fingerprint density at radius 3 is 1.18 bits per heavy atom. The molecule has 0 bridgehead atoms. The topological polar surface area (TPSA) is 87.4 Å². The molecule has 11 rings (SSSR count). The molecule has 268 valence electrons. The first-order valence-electron chi connectivity index (χ1n) is 17.9. The van der Waals surface area contributed by atoms with E-state index in [-0.39, 0.29) is 21.1 Å². The number of hydrogen-bond acceptors (Lipinski definition) is 6.